The summed E-state index contributed by atoms with van der Waals surface area (Å²) in [7, 11) is 0. The maximum absolute atomic E-state index is 5.94. The van der Waals surface area contributed by atoms with Crippen LogP contribution in [0.25, 0.3) is 0 Å². The third kappa shape index (κ3) is 3.68. The summed E-state index contributed by atoms with van der Waals surface area (Å²) in [6.45, 7) is 2.22. The molecule has 1 N–H and O–H groups in total. The molecule has 0 aromatic heterocycles. The third-order valence-corrected chi connectivity index (χ3v) is 5.06. The standard InChI is InChI=1S/C18H19BrClN/c1-12(13-5-7-17(20)8-6-13)21-18-10-15(11-18)14-3-2-4-16(19)9-14/h2-9,12,15,18,21H,10-11H2,1H3. The molecule has 0 aliphatic heterocycles. The molecule has 1 atom stereocenters. The molecular formula is C18H19BrClN. The predicted octanol–water partition coefficient (Wildman–Crippen LogP) is 5.70. The van der Waals surface area contributed by atoms with Crippen LogP contribution >= 0.6 is 27.5 Å². The SMILES string of the molecule is CC(NC1CC(c2cccc(Br)c2)C1)c1ccc(Cl)cc1. The van der Waals surface area contributed by atoms with Crippen LogP contribution in [0.4, 0.5) is 0 Å². The van der Waals surface area contributed by atoms with E-state index >= 15 is 0 Å². The average molecular weight is 365 g/mol. The Bertz CT molecular complexity index is 605. The van der Waals surface area contributed by atoms with Gasteiger partial charge in [-0.15, -0.1) is 0 Å². The minimum Gasteiger partial charge on any atom is -0.307 e. The maximum Gasteiger partial charge on any atom is 0.0406 e. The first-order chi connectivity index (χ1) is 10.1. The van der Waals surface area contributed by atoms with Gasteiger partial charge in [-0.2, -0.15) is 0 Å². The normalized spacial score (nSPS) is 22.6. The monoisotopic (exact) mass is 363 g/mol. The van der Waals surface area contributed by atoms with Crippen LogP contribution in [0.2, 0.25) is 5.02 Å². The van der Waals surface area contributed by atoms with Crippen molar-refractivity contribution in [3.63, 3.8) is 0 Å². The summed E-state index contributed by atoms with van der Waals surface area (Å²) in [5.41, 5.74) is 2.74. The Hall–Kier alpha value is -0.830. The zero-order valence-corrected chi connectivity index (χ0v) is 14.4. The Kier molecular flexibility index (Phi) is 4.68. The van der Waals surface area contributed by atoms with E-state index in [1.165, 1.54) is 28.4 Å². The zero-order chi connectivity index (χ0) is 14.8. The highest BCUT2D eigenvalue weighted by molar-refractivity contribution is 9.10. The van der Waals surface area contributed by atoms with Gasteiger partial charge < -0.3 is 5.32 Å². The number of nitrogens with one attached hydrogen (secondary N) is 1. The molecular weight excluding hydrogens is 346 g/mol. The summed E-state index contributed by atoms with van der Waals surface area (Å²) < 4.78 is 1.17. The Labute approximate surface area is 139 Å². The molecule has 110 valence electrons. The van der Waals surface area contributed by atoms with Crippen LogP contribution in [-0.2, 0) is 0 Å². The summed E-state index contributed by atoms with van der Waals surface area (Å²) in [6, 6.07) is 17.8. The van der Waals surface area contributed by atoms with Gasteiger partial charge in [0.2, 0.25) is 0 Å². The fourth-order valence-corrected chi connectivity index (χ4v) is 3.53. The van der Waals surface area contributed by atoms with E-state index in [0.717, 1.165) is 5.02 Å². The van der Waals surface area contributed by atoms with Crippen molar-refractivity contribution in [2.45, 2.75) is 37.8 Å². The van der Waals surface area contributed by atoms with E-state index in [1.54, 1.807) is 0 Å². The van der Waals surface area contributed by atoms with Gasteiger partial charge in [-0.25, -0.2) is 0 Å². The molecule has 3 rings (SSSR count). The molecule has 1 aliphatic carbocycles. The molecule has 1 unspecified atom stereocenters. The lowest BCUT2D eigenvalue weighted by Crippen LogP contribution is -2.41. The number of rotatable bonds is 4. The van der Waals surface area contributed by atoms with Crippen LogP contribution in [0.3, 0.4) is 0 Å². The molecule has 21 heavy (non-hydrogen) atoms. The van der Waals surface area contributed by atoms with Crippen molar-refractivity contribution in [1.29, 1.82) is 0 Å². The van der Waals surface area contributed by atoms with Gasteiger partial charge in [0.15, 0.2) is 0 Å². The molecule has 2 aromatic rings. The highest BCUT2D eigenvalue weighted by Crippen LogP contribution is 2.38. The second kappa shape index (κ2) is 6.51. The maximum atomic E-state index is 5.94. The Balaban J connectivity index is 1.54. The minimum atomic E-state index is 0.371. The van der Waals surface area contributed by atoms with Crippen molar-refractivity contribution >= 4 is 27.5 Å². The lowest BCUT2D eigenvalue weighted by molar-refractivity contribution is 0.271. The van der Waals surface area contributed by atoms with Crippen LogP contribution < -0.4 is 5.32 Å². The molecule has 1 saturated carbocycles. The van der Waals surface area contributed by atoms with Gasteiger partial charge in [-0.3, -0.25) is 0 Å². The molecule has 1 nitrogen and oxygen atoms in total. The van der Waals surface area contributed by atoms with E-state index in [1.807, 2.05) is 12.1 Å². The number of hydrogen-bond donors (Lipinski definition) is 1. The van der Waals surface area contributed by atoms with E-state index in [-0.39, 0.29) is 0 Å². The second-order valence-corrected chi connectivity index (χ2v) is 7.21. The van der Waals surface area contributed by atoms with E-state index in [2.05, 4.69) is 64.6 Å². The Morgan fingerprint density at radius 3 is 2.52 bits per heavy atom. The van der Waals surface area contributed by atoms with Crippen molar-refractivity contribution in [1.82, 2.24) is 5.32 Å². The average Bonchev–Trinajstić information content (AvgIpc) is 2.43. The van der Waals surface area contributed by atoms with E-state index in [9.17, 15) is 0 Å². The number of benzene rings is 2. The van der Waals surface area contributed by atoms with Gasteiger partial charge in [-0.05, 0) is 61.1 Å². The number of hydrogen-bond acceptors (Lipinski definition) is 1. The van der Waals surface area contributed by atoms with Crippen LogP contribution in [0.15, 0.2) is 53.0 Å². The highest BCUT2D eigenvalue weighted by atomic mass is 79.9. The van der Waals surface area contributed by atoms with Crippen molar-refractivity contribution < 1.29 is 0 Å². The molecule has 0 heterocycles. The lowest BCUT2D eigenvalue weighted by Gasteiger charge is -2.38. The van der Waals surface area contributed by atoms with Gasteiger partial charge in [0.1, 0.15) is 0 Å². The van der Waals surface area contributed by atoms with E-state index in [4.69, 9.17) is 11.6 Å². The van der Waals surface area contributed by atoms with Gasteiger partial charge in [0, 0.05) is 21.6 Å². The molecule has 0 amide bonds. The Morgan fingerprint density at radius 1 is 1.14 bits per heavy atom. The first-order valence-electron chi connectivity index (χ1n) is 7.39. The quantitative estimate of drug-likeness (QED) is 0.734. The highest BCUT2D eigenvalue weighted by Gasteiger charge is 2.31. The first-order valence-corrected chi connectivity index (χ1v) is 8.56. The van der Waals surface area contributed by atoms with Crippen molar-refractivity contribution in [2.24, 2.45) is 0 Å². The van der Waals surface area contributed by atoms with E-state index < -0.39 is 0 Å². The summed E-state index contributed by atoms with van der Waals surface area (Å²) in [5, 5.41) is 4.51. The fourth-order valence-electron chi connectivity index (χ4n) is 2.99. The topological polar surface area (TPSA) is 12.0 Å². The lowest BCUT2D eigenvalue weighted by atomic mass is 9.75. The van der Waals surface area contributed by atoms with Gasteiger partial charge in [-0.1, -0.05) is 51.8 Å². The van der Waals surface area contributed by atoms with Crippen LogP contribution in [0.1, 0.15) is 42.9 Å². The Morgan fingerprint density at radius 2 is 1.86 bits per heavy atom. The molecule has 0 radical (unpaired) electrons. The molecule has 3 heteroatoms. The predicted molar refractivity (Wildman–Crippen MR) is 92.9 cm³/mol. The molecule has 0 saturated heterocycles. The molecule has 1 fully saturated rings. The molecule has 0 spiro atoms. The summed E-state index contributed by atoms with van der Waals surface area (Å²) in [4.78, 5) is 0. The van der Waals surface area contributed by atoms with Gasteiger partial charge in [0.05, 0.1) is 0 Å². The van der Waals surface area contributed by atoms with Crippen molar-refractivity contribution in [3.05, 3.63) is 69.2 Å². The molecule has 0 bridgehead atoms. The van der Waals surface area contributed by atoms with Gasteiger partial charge in [0.25, 0.3) is 0 Å². The van der Waals surface area contributed by atoms with Crippen LogP contribution in [-0.4, -0.2) is 6.04 Å². The van der Waals surface area contributed by atoms with Crippen LogP contribution in [0.5, 0.6) is 0 Å². The van der Waals surface area contributed by atoms with Crippen molar-refractivity contribution in [2.75, 3.05) is 0 Å². The third-order valence-electron chi connectivity index (χ3n) is 4.31. The van der Waals surface area contributed by atoms with Crippen LogP contribution in [0, 0.1) is 0 Å². The van der Waals surface area contributed by atoms with Crippen molar-refractivity contribution in [3.8, 4) is 0 Å². The molecule has 1 aliphatic rings. The minimum absolute atomic E-state index is 0.371. The first kappa shape index (κ1) is 15.1. The molecule has 2 aromatic carbocycles. The summed E-state index contributed by atoms with van der Waals surface area (Å²) in [5.74, 6) is 0.692. The summed E-state index contributed by atoms with van der Waals surface area (Å²) >= 11 is 9.49. The fraction of sp³-hybridized carbons (Fsp3) is 0.333. The van der Waals surface area contributed by atoms with E-state index in [0.29, 0.717) is 18.0 Å². The zero-order valence-electron chi connectivity index (χ0n) is 12.0. The van der Waals surface area contributed by atoms with Gasteiger partial charge >= 0.3 is 0 Å². The number of halogens is 2. The summed E-state index contributed by atoms with van der Waals surface area (Å²) in [6.07, 6.45) is 2.43. The second-order valence-electron chi connectivity index (χ2n) is 5.86. The smallest absolute Gasteiger partial charge is 0.0406 e. The largest absolute Gasteiger partial charge is 0.307 e.